The standard InChI is InChI=1S/C22H19Cl2NO2S/c1-28-14-10-8-13(9-11-14)15-12-20(27)25(17-5-3-7-19(26)21(15)17)18-6-2-4-16(23)22(18)24/h2,4,6,8-11,15H,3,5,7,12H2,1H3. The molecule has 4 rings (SSSR count). The van der Waals surface area contributed by atoms with Gasteiger partial charge in [-0.3, -0.25) is 14.5 Å². The number of anilines is 1. The average molecular weight is 432 g/mol. The van der Waals surface area contributed by atoms with Crippen LogP contribution in [0.25, 0.3) is 0 Å². The maximum absolute atomic E-state index is 13.2. The lowest BCUT2D eigenvalue weighted by molar-refractivity contribution is -0.119. The number of amides is 1. The van der Waals surface area contributed by atoms with E-state index in [1.165, 1.54) is 0 Å². The van der Waals surface area contributed by atoms with E-state index in [0.29, 0.717) is 28.6 Å². The number of carbonyl (C=O) groups excluding carboxylic acids is 2. The van der Waals surface area contributed by atoms with Crippen molar-refractivity contribution in [2.24, 2.45) is 0 Å². The van der Waals surface area contributed by atoms with Crippen molar-refractivity contribution in [3.05, 3.63) is 69.3 Å². The molecule has 1 aliphatic carbocycles. The summed E-state index contributed by atoms with van der Waals surface area (Å²) < 4.78 is 0. The lowest BCUT2D eigenvalue weighted by Gasteiger charge is -2.38. The summed E-state index contributed by atoms with van der Waals surface area (Å²) in [5, 5.41) is 0.733. The van der Waals surface area contributed by atoms with Gasteiger partial charge >= 0.3 is 0 Å². The smallest absolute Gasteiger partial charge is 0.232 e. The van der Waals surface area contributed by atoms with Gasteiger partial charge in [0.25, 0.3) is 0 Å². The molecule has 2 aliphatic rings. The number of Topliss-reactive ketones (excluding diaryl/α,β-unsaturated/α-hetero) is 1. The Balaban J connectivity index is 1.85. The molecule has 2 aromatic rings. The number of allylic oxidation sites excluding steroid dienone is 2. The first kappa shape index (κ1) is 19.6. The molecular formula is C22H19Cl2NO2S. The molecular weight excluding hydrogens is 413 g/mol. The molecule has 0 aromatic heterocycles. The molecule has 2 aromatic carbocycles. The number of halogens is 2. The van der Waals surface area contributed by atoms with Gasteiger partial charge in [-0.2, -0.15) is 0 Å². The fourth-order valence-electron chi connectivity index (χ4n) is 4.06. The van der Waals surface area contributed by atoms with Crippen molar-refractivity contribution in [3.63, 3.8) is 0 Å². The lowest BCUT2D eigenvalue weighted by atomic mass is 9.77. The number of ketones is 1. The summed E-state index contributed by atoms with van der Waals surface area (Å²) in [7, 11) is 0. The van der Waals surface area contributed by atoms with Gasteiger partial charge in [0, 0.05) is 34.9 Å². The molecule has 1 unspecified atom stereocenters. The highest BCUT2D eigenvalue weighted by atomic mass is 35.5. The highest BCUT2D eigenvalue weighted by molar-refractivity contribution is 7.98. The maximum Gasteiger partial charge on any atom is 0.232 e. The molecule has 6 heteroatoms. The molecule has 0 saturated carbocycles. The van der Waals surface area contributed by atoms with Gasteiger partial charge in [0.15, 0.2) is 5.78 Å². The molecule has 1 atom stereocenters. The van der Waals surface area contributed by atoms with E-state index in [4.69, 9.17) is 23.2 Å². The number of hydrogen-bond acceptors (Lipinski definition) is 3. The molecule has 0 spiro atoms. The minimum atomic E-state index is -0.208. The molecule has 0 bridgehead atoms. The van der Waals surface area contributed by atoms with Crippen LogP contribution < -0.4 is 4.90 Å². The second kappa shape index (κ2) is 7.94. The normalized spacial score (nSPS) is 19.8. The van der Waals surface area contributed by atoms with E-state index < -0.39 is 0 Å². The van der Waals surface area contributed by atoms with Gasteiger partial charge in [-0.1, -0.05) is 41.4 Å². The topological polar surface area (TPSA) is 37.4 Å². The number of carbonyl (C=O) groups is 2. The van der Waals surface area contributed by atoms with Crippen LogP contribution in [0.5, 0.6) is 0 Å². The maximum atomic E-state index is 13.2. The Morgan fingerprint density at radius 3 is 2.50 bits per heavy atom. The second-order valence-corrected chi connectivity index (χ2v) is 8.63. The third-order valence-electron chi connectivity index (χ3n) is 5.37. The van der Waals surface area contributed by atoms with Gasteiger partial charge in [0.05, 0.1) is 15.7 Å². The van der Waals surface area contributed by atoms with E-state index in [9.17, 15) is 9.59 Å². The van der Waals surface area contributed by atoms with Crippen molar-refractivity contribution in [1.29, 1.82) is 0 Å². The van der Waals surface area contributed by atoms with E-state index in [1.54, 1.807) is 34.9 Å². The Labute approximate surface area is 178 Å². The predicted octanol–water partition coefficient (Wildman–Crippen LogP) is 6.24. The third kappa shape index (κ3) is 3.38. The van der Waals surface area contributed by atoms with Crippen LogP contribution in [-0.2, 0) is 9.59 Å². The Morgan fingerprint density at radius 2 is 1.79 bits per heavy atom. The molecule has 144 valence electrons. The lowest BCUT2D eigenvalue weighted by Crippen LogP contribution is -2.40. The number of hydrogen-bond donors (Lipinski definition) is 0. The van der Waals surface area contributed by atoms with E-state index >= 15 is 0 Å². The summed E-state index contributed by atoms with van der Waals surface area (Å²) in [5.74, 6) is -0.146. The Hall–Kier alpha value is -1.75. The summed E-state index contributed by atoms with van der Waals surface area (Å²) >= 11 is 14.3. The zero-order valence-corrected chi connectivity index (χ0v) is 17.7. The molecule has 1 amide bonds. The highest BCUT2D eigenvalue weighted by Gasteiger charge is 2.40. The fraction of sp³-hybridized carbons (Fsp3) is 0.273. The first-order chi connectivity index (χ1) is 13.5. The molecule has 0 saturated heterocycles. The molecule has 28 heavy (non-hydrogen) atoms. The minimum absolute atomic E-state index is 0.0587. The minimum Gasteiger partial charge on any atom is -0.294 e. The van der Waals surface area contributed by atoms with Gasteiger partial charge in [-0.25, -0.2) is 0 Å². The van der Waals surface area contributed by atoms with E-state index in [0.717, 1.165) is 28.1 Å². The summed E-state index contributed by atoms with van der Waals surface area (Å²) in [6.45, 7) is 0. The summed E-state index contributed by atoms with van der Waals surface area (Å²) in [4.78, 5) is 28.9. The molecule has 1 aliphatic heterocycles. The van der Waals surface area contributed by atoms with Crippen LogP contribution >= 0.6 is 35.0 Å². The van der Waals surface area contributed by atoms with Crippen molar-refractivity contribution in [2.75, 3.05) is 11.2 Å². The molecule has 3 nitrogen and oxygen atoms in total. The van der Waals surface area contributed by atoms with Crippen LogP contribution in [0.3, 0.4) is 0 Å². The van der Waals surface area contributed by atoms with Crippen LogP contribution in [0.15, 0.2) is 58.6 Å². The van der Waals surface area contributed by atoms with Crippen LogP contribution in [0.2, 0.25) is 10.0 Å². The summed E-state index contributed by atoms with van der Waals surface area (Å²) in [6.07, 6.45) is 4.19. The zero-order chi connectivity index (χ0) is 19.8. The first-order valence-corrected chi connectivity index (χ1v) is 11.2. The zero-order valence-electron chi connectivity index (χ0n) is 15.4. The average Bonchev–Trinajstić information content (AvgIpc) is 2.70. The second-order valence-electron chi connectivity index (χ2n) is 6.97. The van der Waals surface area contributed by atoms with E-state index in [1.807, 2.05) is 30.5 Å². The Morgan fingerprint density at radius 1 is 1.04 bits per heavy atom. The molecule has 0 fully saturated rings. The van der Waals surface area contributed by atoms with Gasteiger partial charge < -0.3 is 0 Å². The monoisotopic (exact) mass is 431 g/mol. The number of rotatable bonds is 3. The van der Waals surface area contributed by atoms with Crippen LogP contribution in [0, 0.1) is 0 Å². The number of thioether (sulfide) groups is 1. The van der Waals surface area contributed by atoms with Gasteiger partial charge in [-0.05, 0) is 48.9 Å². The Bertz CT molecular complexity index is 985. The van der Waals surface area contributed by atoms with Crippen molar-refractivity contribution in [1.82, 2.24) is 0 Å². The highest BCUT2D eigenvalue weighted by Crippen LogP contribution is 2.45. The van der Waals surface area contributed by atoms with Gasteiger partial charge in [-0.15, -0.1) is 11.8 Å². The van der Waals surface area contributed by atoms with Crippen LogP contribution in [0.4, 0.5) is 5.69 Å². The van der Waals surface area contributed by atoms with Gasteiger partial charge in [0.2, 0.25) is 5.91 Å². The fourth-order valence-corrected chi connectivity index (χ4v) is 4.85. The van der Waals surface area contributed by atoms with Crippen molar-refractivity contribution in [3.8, 4) is 0 Å². The number of benzene rings is 2. The quantitative estimate of drug-likeness (QED) is 0.539. The van der Waals surface area contributed by atoms with E-state index in [2.05, 4.69) is 0 Å². The summed E-state index contributed by atoms with van der Waals surface area (Å²) in [5.41, 5.74) is 3.08. The SMILES string of the molecule is CSc1ccc(C2CC(=O)N(c3cccc(Cl)c3Cl)C3=C2C(=O)CCC3)cc1. The van der Waals surface area contributed by atoms with E-state index in [-0.39, 0.29) is 24.0 Å². The van der Waals surface area contributed by atoms with Crippen LogP contribution in [-0.4, -0.2) is 17.9 Å². The largest absolute Gasteiger partial charge is 0.294 e. The van der Waals surface area contributed by atoms with Gasteiger partial charge in [0.1, 0.15) is 0 Å². The number of nitrogens with zero attached hydrogens (tertiary/aromatic N) is 1. The predicted molar refractivity (Wildman–Crippen MR) is 115 cm³/mol. The van der Waals surface area contributed by atoms with Crippen molar-refractivity contribution in [2.45, 2.75) is 36.5 Å². The Kier molecular flexibility index (Phi) is 5.55. The van der Waals surface area contributed by atoms with Crippen molar-refractivity contribution >= 4 is 52.3 Å². The summed E-state index contributed by atoms with van der Waals surface area (Å²) in [6, 6.07) is 13.4. The third-order valence-corrected chi connectivity index (χ3v) is 6.92. The van der Waals surface area contributed by atoms with Crippen molar-refractivity contribution < 1.29 is 9.59 Å². The molecule has 0 N–H and O–H groups in total. The molecule has 1 heterocycles. The first-order valence-electron chi connectivity index (χ1n) is 9.18. The molecule has 0 radical (unpaired) electrons. The van der Waals surface area contributed by atoms with Crippen LogP contribution in [0.1, 0.15) is 37.2 Å².